The maximum Gasteiger partial charge on any atom is 0.224 e. The second-order valence-corrected chi connectivity index (χ2v) is 10.4. The fourth-order valence-electron chi connectivity index (χ4n) is 6.16. The summed E-state index contributed by atoms with van der Waals surface area (Å²) in [6.07, 6.45) is 10.1. The summed E-state index contributed by atoms with van der Waals surface area (Å²) in [5.41, 5.74) is 6.63. The number of rotatable bonds is 7. The van der Waals surface area contributed by atoms with Crippen LogP contribution in [0, 0.1) is 11.8 Å². The number of nitrogens with one attached hydrogen (secondary N) is 1. The second kappa shape index (κ2) is 11.1. The van der Waals surface area contributed by atoms with Crippen molar-refractivity contribution >= 4 is 49.8 Å². The summed E-state index contributed by atoms with van der Waals surface area (Å²) in [6.45, 7) is 0. The first kappa shape index (κ1) is 24.3. The van der Waals surface area contributed by atoms with Gasteiger partial charge in [-0.3, -0.25) is 9.59 Å². The Morgan fingerprint density at radius 2 is 1.39 bits per heavy atom. The van der Waals surface area contributed by atoms with Gasteiger partial charge in [0.15, 0.2) is 0 Å². The molecule has 1 unspecified atom stereocenters. The predicted octanol–water partition coefficient (Wildman–Crippen LogP) is 7.72. The van der Waals surface area contributed by atoms with Gasteiger partial charge in [0.05, 0.1) is 0 Å². The van der Waals surface area contributed by atoms with Crippen molar-refractivity contribution in [3.05, 3.63) is 66.7 Å². The highest BCUT2D eigenvalue weighted by Gasteiger charge is 2.26. The summed E-state index contributed by atoms with van der Waals surface area (Å²) in [6, 6.07) is 23.1. The summed E-state index contributed by atoms with van der Waals surface area (Å²) >= 11 is 0. The molecule has 0 aromatic heterocycles. The van der Waals surface area contributed by atoms with E-state index in [4.69, 9.17) is 5.73 Å². The van der Waals surface area contributed by atoms with Gasteiger partial charge in [0.2, 0.25) is 11.8 Å². The number of hydrogen-bond acceptors (Lipinski definition) is 2. The molecule has 0 radical (unpaired) electrons. The van der Waals surface area contributed by atoms with Gasteiger partial charge in [-0.15, -0.1) is 0 Å². The minimum atomic E-state index is -0.200. The molecule has 0 bridgehead atoms. The Labute approximate surface area is 213 Å². The number of hydrogen-bond donors (Lipinski definition) is 2. The fraction of sp³-hybridized carbons (Fsp3) is 0.375. The molecule has 4 nitrogen and oxygen atoms in total. The van der Waals surface area contributed by atoms with Gasteiger partial charge in [-0.05, 0) is 64.6 Å². The van der Waals surface area contributed by atoms with E-state index in [9.17, 15) is 9.59 Å². The number of carbonyl (C=O) groups excluding carboxylic acids is 2. The number of anilines is 1. The number of carbonyl (C=O) groups is 2. The van der Waals surface area contributed by atoms with Gasteiger partial charge in [-0.2, -0.15) is 0 Å². The molecule has 1 saturated carbocycles. The monoisotopic (exact) mass is 480 g/mol. The van der Waals surface area contributed by atoms with Crippen LogP contribution >= 0.6 is 0 Å². The molecule has 0 aliphatic heterocycles. The molecule has 0 heterocycles. The van der Waals surface area contributed by atoms with Crippen molar-refractivity contribution in [2.75, 3.05) is 5.32 Å². The summed E-state index contributed by atoms with van der Waals surface area (Å²) < 4.78 is 0. The van der Waals surface area contributed by atoms with Crippen molar-refractivity contribution in [1.29, 1.82) is 0 Å². The van der Waals surface area contributed by atoms with Crippen LogP contribution in [0.1, 0.15) is 64.2 Å². The summed E-state index contributed by atoms with van der Waals surface area (Å²) in [5.74, 6) is 0.0411. The fourth-order valence-corrected chi connectivity index (χ4v) is 6.16. The number of amides is 2. The Bertz CT molecular complexity index is 1390. The van der Waals surface area contributed by atoms with Crippen molar-refractivity contribution in [2.45, 2.75) is 64.2 Å². The molecule has 4 aromatic carbocycles. The lowest BCUT2D eigenvalue weighted by Crippen LogP contribution is -2.31. The Morgan fingerprint density at radius 3 is 2.19 bits per heavy atom. The molecular formula is C32H36N2O2. The lowest BCUT2D eigenvalue weighted by atomic mass is 9.79. The molecule has 2 amide bonds. The lowest BCUT2D eigenvalue weighted by Gasteiger charge is -2.26. The Balaban J connectivity index is 1.28. The highest BCUT2D eigenvalue weighted by atomic mass is 16.2. The molecule has 5 rings (SSSR count). The van der Waals surface area contributed by atoms with Crippen LogP contribution in [0.3, 0.4) is 0 Å². The molecule has 1 aliphatic rings. The lowest BCUT2D eigenvalue weighted by molar-refractivity contribution is -0.124. The van der Waals surface area contributed by atoms with Crippen LogP contribution in [-0.2, 0) is 9.59 Å². The van der Waals surface area contributed by atoms with Crippen LogP contribution in [0.25, 0.3) is 32.3 Å². The number of benzene rings is 4. The van der Waals surface area contributed by atoms with Crippen LogP contribution in [0.2, 0.25) is 0 Å². The first-order chi connectivity index (χ1) is 17.6. The van der Waals surface area contributed by atoms with Gasteiger partial charge < -0.3 is 11.1 Å². The molecule has 1 aliphatic carbocycles. The van der Waals surface area contributed by atoms with E-state index < -0.39 is 0 Å². The van der Waals surface area contributed by atoms with Crippen LogP contribution in [-0.4, -0.2) is 11.8 Å². The van der Waals surface area contributed by atoms with Crippen LogP contribution in [0.5, 0.6) is 0 Å². The first-order valence-electron chi connectivity index (χ1n) is 13.5. The van der Waals surface area contributed by atoms with Crippen molar-refractivity contribution in [2.24, 2.45) is 17.6 Å². The van der Waals surface area contributed by atoms with Crippen molar-refractivity contribution in [3.8, 4) is 0 Å². The number of nitrogens with two attached hydrogens (primary N) is 1. The van der Waals surface area contributed by atoms with E-state index >= 15 is 0 Å². The maximum atomic E-state index is 12.9. The van der Waals surface area contributed by atoms with Gasteiger partial charge >= 0.3 is 0 Å². The normalized spacial score (nSPS) is 16.0. The first-order valence-corrected chi connectivity index (χ1v) is 13.5. The topological polar surface area (TPSA) is 72.2 Å². The third-order valence-electron chi connectivity index (χ3n) is 8.06. The Morgan fingerprint density at radius 1 is 0.750 bits per heavy atom. The van der Waals surface area contributed by atoms with E-state index in [0.29, 0.717) is 25.2 Å². The van der Waals surface area contributed by atoms with Crippen LogP contribution < -0.4 is 11.1 Å². The Hall–Kier alpha value is -3.40. The molecule has 0 spiro atoms. The number of fused-ring (bicyclic) bond motifs is 5. The van der Waals surface area contributed by atoms with E-state index in [1.165, 1.54) is 53.6 Å². The van der Waals surface area contributed by atoms with Crippen LogP contribution in [0.15, 0.2) is 66.7 Å². The highest BCUT2D eigenvalue weighted by molar-refractivity contribution is 6.19. The van der Waals surface area contributed by atoms with Crippen molar-refractivity contribution in [1.82, 2.24) is 0 Å². The zero-order valence-corrected chi connectivity index (χ0v) is 21.0. The van der Waals surface area contributed by atoms with Crippen molar-refractivity contribution < 1.29 is 9.59 Å². The summed E-state index contributed by atoms with van der Waals surface area (Å²) in [4.78, 5) is 25.1. The third-order valence-corrected chi connectivity index (χ3v) is 8.06. The second-order valence-electron chi connectivity index (χ2n) is 10.4. The average Bonchev–Trinajstić information content (AvgIpc) is 2.86. The summed E-state index contributed by atoms with van der Waals surface area (Å²) in [7, 11) is 0. The van der Waals surface area contributed by atoms with Crippen molar-refractivity contribution in [3.63, 3.8) is 0 Å². The van der Waals surface area contributed by atoms with Crippen LogP contribution in [0.4, 0.5) is 5.69 Å². The standard InChI is InChI=1S/C32H36N2O2/c33-32(36)25(22-10-4-2-1-3-5-11-22)14-9-17-31(35)34-30-16-8-15-26-28-19-18-23-12-6-7-13-24(23)27(28)20-21-29(26)30/h6-8,12-13,15-16,18-22,25H,1-5,9-11,14,17H2,(H2,33,36)(H,34,35). The quantitative estimate of drug-likeness (QED) is 0.266. The number of primary amides is 1. The molecule has 36 heavy (non-hydrogen) atoms. The zero-order valence-electron chi connectivity index (χ0n) is 21.0. The summed E-state index contributed by atoms with van der Waals surface area (Å²) in [5, 5.41) is 10.2. The van der Waals surface area contributed by atoms with Gasteiger partial charge in [0.1, 0.15) is 0 Å². The van der Waals surface area contributed by atoms with Gasteiger partial charge in [0.25, 0.3) is 0 Å². The van der Waals surface area contributed by atoms with Gasteiger partial charge in [0, 0.05) is 23.4 Å². The molecule has 186 valence electrons. The zero-order chi connectivity index (χ0) is 24.9. The van der Waals surface area contributed by atoms with Gasteiger partial charge in [-0.25, -0.2) is 0 Å². The molecule has 4 heteroatoms. The van der Waals surface area contributed by atoms with E-state index in [-0.39, 0.29) is 17.7 Å². The van der Waals surface area contributed by atoms with Gasteiger partial charge in [-0.1, -0.05) is 92.8 Å². The smallest absolute Gasteiger partial charge is 0.224 e. The largest absolute Gasteiger partial charge is 0.369 e. The Kier molecular flexibility index (Phi) is 7.50. The van der Waals surface area contributed by atoms with E-state index in [2.05, 4.69) is 59.9 Å². The molecule has 0 saturated heterocycles. The predicted molar refractivity (Wildman–Crippen MR) is 150 cm³/mol. The molecule has 4 aromatic rings. The SMILES string of the molecule is NC(=O)C(CCCC(=O)Nc1cccc2c1ccc1c3ccccc3ccc21)C1CCCCCCC1. The highest BCUT2D eigenvalue weighted by Crippen LogP contribution is 2.35. The maximum absolute atomic E-state index is 12.9. The third kappa shape index (κ3) is 5.23. The molecule has 1 fully saturated rings. The average molecular weight is 481 g/mol. The minimum absolute atomic E-state index is 0.0120. The molecular weight excluding hydrogens is 444 g/mol. The van der Waals surface area contributed by atoms with E-state index in [1.54, 1.807) is 0 Å². The van der Waals surface area contributed by atoms with E-state index in [1.807, 2.05) is 12.1 Å². The molecule has 3 N–H and O–H groups in total. The van der Waals surface area contributed by atoms with E-state index in [0.717, 1.165) is 29.3 Å². The minimum Gasteiger partial charge on any atom is -0.369 e. The molecule has 1 atom stereocenters.